The van der Waals surface area contributed by atoms with Gasteiger partial charge in [0.05, 0.1) is 0 Å². The Hall–Kier alpha value is -1.29. The number of nitrogens with one attached hydrogen (secondary N) is 1. The molecule has 1 aromatic heterocycles. The van der Waals surface area contributed by atoms with Crippen LogP contribution in [-0.2, 0) is 0 Å². The summed E-state index contributed by atoms with van der Waals surface area (Å²) in [4.78, 5) is 14.9. The first-order chi connectivity index (χ1) is 7.66. The number of rotatable bonds is 5. The van der Waals surface area contributed by atoms with Crippen molar-refractivity contribution in [3.8, 4) is 0 Å². The molecular formula is C11H13ClN2O2. The molecular weight excluding hydrogens is 228 g/mol. The third-order valence-electron chi connectivity index (χ3n) is 2.63. The summed E-state index contributed by atoms with van der Waals surface area (Å²) in [5.41, 5.74) is 0.167. The van der Waals surface area contributed by atoms with Crippen molar-refractivity contribution >= 4 is 23.4 Å². The third-order valence-corrected chi connectivity index (χ3v) is 2.84. The summed E-state index contributed by atoms with van der Waals surface area (Å²) in [5.74, 6) is 0.179. The highest BCUT2D eigenvalue weighted by Gasteiger charge is 2.20. The molecule has 1 fully saturated rings. The number of hydrogen-bond donors (Lipinski definition) is 2. The lowest BCUT2D eigenvalue weighted by molar-refractivity contribution is 0.0697. The molecule has 2 N–H and O–H groups in total. The van der Waals surface area contributed by atoms with Crippen LogP contribution in [0.25, 0.3) is 0 Å². The number of carboxylic acids is 1. The smallest absolute Gasteiger partial charge is 0.339 e. The Kier molecular flexibility index (Phi) is 3.29. The molecule has 86 valence electrons. The third kappa shape index (κ3) is 2.85. The van der Waals surface area contributed by atoms with Gasteiger partial charge >= 0.3 is 5.97 Å². The number of aromatic nitrogens is 1. The van der Waals surface area contributed by atoms with E-state index in [9.17, 15) is 4.79 Å². The molecule has 0 radical (unpaired) electrons. The first-order valence-electron chi connectivity index (χ1n) is 5.30. The fourth-order valence-electron chi connectivity index (χ4n) is 1.54. The van der Waals surface area contributed by atoms with E-state index in [4.69, 9.17) is 16.7 Å². The van der Waals surface area contributed by atoms with E-state index < -0.39 is 5.97 Å². The molecule has 1 aliphatic carbocycles. The monoisotopic (exact) mass is 240 g/mol. The van der Waals surface area contributed by atoms with Gasteiger partial charge in [0.15, 0.2) is 0 Å². The SMILES string of the molecule is O=C(O)c1ccc(Cl)nc1NCCC1CC1. The number of carbonyl (C=O) groups is 1. The fraction of sp³-hybridized carbons (Fsp3) is 0.455. The Labute approximate surface area is 98.6 Å². The van der Waals surface area contributed by atoms with E-state index in [2.05, 4.69) is 10.3 Å². The average Bonchev–Trinajstić information content (AvgIpc) is 3.01. The molecule has 1 heterocycles. The standard InChI is InChI=1S/C11H13ClN2O2/c12-9-4-3-8(11(15)16)10(14-9)13-6-5-7-1-2-7/h3-4,7H,1-2,5-6H2,(H,13,14)(H,15,16). The second kappa shape index (κ2) is 4.70. The number of pyridine rings is 1. The summed E-state index contributed by atoms with van der Waals surface area (Å²) < 4.78 is 0. The molecule has 2 rings (SSSR count). The Morgan fingerprint density at radius 3 is 2.94 bits per heavy atom. The minimum Gasteiger partial charge on any atom is -0.478 e. The summed E-state index contributed by atoms with van der Waals surface area (Å²) in [6, 6.07) is 2.95. The van der Waals surface area contributed by atoms with E-state index in [1.165, 1.54) is 25.0 Å². The summed E-state index contributed by atoms with van der Waals surface area (Å²) in [6.07, 6.45) is 3.64. The van der Waals surface area contributed by atoms with Gasteiger partial charge in [-0.1, -0.05) is 24.4 Å². The lowest BCUT2D eigenvalue weighted by Gasteiger charge is -2.08. The number of aromatic carboxylic acids is 1. The van der Waals surface area contributed by atoms with Gasteiger partial charge in [-0.3, -0.25) is 0 Å². The molecule has 0 unspecified atom stereocenters. The molecule has 0 spiro atoms. The van der Waals surface area contributed by atoms with E-state index in [0.717, 1.165) is 18.9 Å². The first kappa shape index (κ1) is 11.2. The van der Waals surface area contributed by atoms with Gasteiger partial charge in [-0.2, -0.15) is 0 Å². The lowest BCUT2D eigenvalue weighted by Crippen LogP contribution is -2.10. The highest BCUT2D eigenvalue weighted by atomic mass is 35.5. The second-order valence-electron chi connectivity index (χ2n) is 3.99. The van der Waals surface area contributed by atoms with E-state index in [-0.39, 0.29) is 5.56 Å². The van der Waals surface area contributed by atoms with Crippen LogP contribution in [0.5, 0.6) is 0 Å². The van der Waals surface area contributed by atoms with Crippen LogP contribution in [0.3, 0.4) is 0 Å². The summed E-state index contributed by atoms with van der Waals surface area (Å²) in [7, 11) is 0. The zero-order valence-electron chi connectivity index (χ0n) is 8.74. The Morgan fingerprint density at radius 2 is 2.31 bits per heavy atom. The van der Waals surface area contributed by atoms with Crippen molar-refractivity contribution < 1.29 is 9.90 Å². The van der Waals surface area contributed by atoms with Gasteiger partial charge in [0, 0.05) is 6.54 Å². The minimum atomic E-state index is -0.988. The molecule has 0 saturated heterocycles. The highest BCUT2D eigenvalue weighted by molar-refractivity contribution is 6.29. The van der Waals surface area contributed by atoms with Crippen molar-refractivity contribution in [2.45, 2.75) is 19.3 Å². The lowest BCUT2D eigenvalue weighted by atomic mass is 10.2. The molecule has 0 aliphatic heterocycles. The van der Waals surface area contributed by atoms with Crippen LogP contribution in [0.15, 0.2) is 12.1 Å². The normalized spacial score (nSPS) is 14.8. The van der Waals surface area contributed by atoms with Crippen LogP contribution in [0.2, 0.25) is 5.15 Å². The number of carboxylic acid groups (broad SMARTS) is 1. The maximum atomic E-state index is 10.9. The van der Waals surface area contributed by atoms with Crippen LogP contribution in [-0.4, -0.2) is 22.6 Å². The highest BCUT2D eigenvalue weighted by Crippen LogP contribution is 2.32. The van der Waals surface area contributed by atoms with Crippen LogP contribution < -0.4 is 5.32 Å². The zero-order valence-corrected chi connectivity index (χ0v) is 9.50. The average molecular weight is 241 g/mol. The van der Waals surface area contributed by atoms with E-state index in [1.807, 2.05) is 0 Å². The number of halogens is 1. The second-order valence-corrected chi connectivity index (χ2v) is 4.38. The quantitative estimate of drug-likeness (QED) is 0.777. The predicted molar refractivity (Wildman–Crippen MR) is 62.0 cm³/mol. The minimum absolute atomic E-state index is 0.167. The molecule has 0 aromatic carbocycles. The van der Waals surface area contributed by atoms with E-state index in [1.54, 1.807) is 0 Å². The number of hydrogen-bond acceptors (Lipinski definition) is 3. The zero-order chi connectivity index (χ0) is 11.5. The van der Waals surface area contributed by atoms with E-state index >= 15 is 0 Å². The van der Waals surface area contributed by atoms with Crippen molar-refractivity contribution in [2.24, 2.45) is 5.92 Å². The fourth-order valence-corrected chi connectivity index (χ4v) is 1.69. The Morgan fingerprint density at radius 1 is 1.56 bits per heavy atom. The number of nitrogens with zero attached hydrogens (tertiary/aromatic N) is 1. The summed E-state index contributed by atoms with van der Waals surface area (Å²) in [6.45, 7) is 0.748. The van der Waals surface area contributed by atoms with Crippen molar-refractivity contribution in [1.29, 1.82) is 0 Å². The number of anilines is 1. The van der Waals surface area contributed by atoms with Crippen molar-refractivity contribution in [3.05, 3.63) is 22.8 Å². The van der Waals surface area contributed by atoms with Crippen LogP contribution in [0.1, 0.15) is 29.6 Å². The molecule has 1 saturated carbocycles. The van der Waals surface area contributed by atoms with Crippen LogP contribution in [0.4, 0.5) is 5.82 Å². The predicted octanol–water partition coefficient (Wildman–Crippen LogP) is 2.65. The van der Waals surface area contributed by atoms with Gasteiger partial charge in [0.2, 0.25) is 0 Å². The molecule has 4 nitrogen and oxygen atoms in total. The van der Waals surface area contributed by atoms with Crippen LogP contribution >= 0.6 is 11.6 Å². The Bertz CT molecular complexity index is 405. The topological polar surface area (TPSA) is 62.2 Å². The largest absolute Gasteiger partial charge is 0.478 e. The summed E-state index contributed by atoms with van der Waals surface area (Å²) in [5, 5.41) is 12.3. The maximum absolute atomic E-state index is 10.9. The molecule has 0 amide bonds. The van der Waals surface area contributed by atoms with Gasteiger partial charge in [-0.05, 0) is 24.5 Å². The molecule has 1 aromatic rings. The molecule has 5 heteroatoms. The van der Waals surface area contributed by atoms with Crippen molar-refractivity contribution in [3.63, 3.8) is 0 Å². The molecule has 1 aliphatic rings. The van der Waals surface area contributed by atoms with Gasteiger partial charge in [-0.25, -0.2) is 9.78 Å². The Balaban J connectivity index is 2.03. The van der Waals surface area contributed by atoms with Gasteiger partial charge < -0.3 is 10.4 Å². The van der Waals surface area contributed by atoms with Gasteiger partial charge in [0.25, 0.3) is 0 Å². The molecule has 0 bridgehead atoms. The summed E-state index contributed by atoms with van der Waals surface area (Å²) >= 11 is 5.73. The van der Waals surface area contributed by atoms with Gasteiger partial charge in [-0.15, -0.1) is 0 Å². The van der Waals surface area contributed by atoms with E-state index in [0.29, 0.717) is 11.0 Å². The van der Waals surface area contributed by atoms with Gasteiger partial charge in [0.1, 0.15) is 16.5 Å². The van der Waals surface area contributed by atoms with Crippen molar-refractivity contribution in [2.75, 3.05) is 11.9 Å². The maximum Gasteiger partial charge on any atom is 0.339 e. The molecule has 16 heavy (non-hydrogen) atoms. The molecule has 0 atom stereocenters. The van der Waals surface area contributed by atoms with Crippen molar-refractivity contribution in [1.82, 2.24) is 4.98 Å². The first-order valence-corrected chi connectivity index (χ1v) is 5.68. The van der Waals surface area contributed by atoms with Crippen LogP contribution in [0, 0.1) is 5.92 Å².